The minimum absolute atomic E-state index is 0. The summed E-state index contributed by atoms with van der Waals surface area (Å²) in [6.07, 6.45) is 2.01. The van der Waals surface area contributed by atoms with Crippen molar-refractivity contribution in [3.05, 3.63) is 24.3 Å². The Labute approximate surface area is 121 Å². The summed E-state index contributed by atoms with van der Waals surface area (Å²) in [5.74, 6) is 0.322. The van der Waals surface area contributed by atoms with Crippen molar-refractivity contribution in [1.82, 2.24) is 4.98 Å². The van der Waals surface area contributed by atoms with Crippen LogP contribution in [0.2, 0.25) is 0 Å². The first kappa shape index (κ1) is 19.6. The third-order valence-corrected chi connectivity index (χ3v) is 6.52. The predicted molar refractivity (Wildman–Crippen MR) is 62.8 cm³/mol. The van der Waals surface area contributed by atoms with Gasteiger partial charge in [0.15, 0.2) is 0 Å². The van der Waals surface area contributed by atoms with Gasteiger partial charge in [-0.1, -0.05) is 4.98 Å². The summed E-state index contributed by atoms with van der Waals surface area (Å²) in [5.41, 5.74) is 0. The van der Waals surface area contributed by atoms with Crippen LogP contribution >= 0.6 is 15.2 Å². The van der Waals surface area contributed by atoms with Crippen molar-refractivity contribution >= 4 is 15.2 Å². The van der Waals surface area contributed by atoms with Crippen LogP contribution in [0.4, 0.5) is 0 Å². The van der Waals surface area contributed by atoms with E-state index in [-0.39, 0.29) is 18.8 Å². The fraction of sp³-hybridized carbons (Fsp3) is 0.500. The van der Waals surface area contributed by atoms with Gasteiger partial charge in [0.05, 0.1) is 19.7 Å². The number of rotatable bonds is 5. The van der Waals surface area contributed by atoms with E-state index in [0.717, 1.165) is 0 Å². The fourth-order valence-electron chi connectivity index (χ4n) is 1.46. The van der Waals surface area contributed by atoms with Crippen LogP contribution < -0.4 is 17.0 Å². The van der Waals surface area contributed by atoms with Gasteiger partial charge in [-0.3, -0.25) is 9.13 Å². The van der Waals surface area contributed by atoms with Crippen molar-refractivity contribution in [2.45, 2.75) is 17.9 Å². The Balaban J connectivity index is 0.00000361. The third-order valence-electron chi connectivity index (χ3n) is 2.64. The van der Waals surface area contributed by atoms with Crippen LogP contribution in [-0.4, -0.2) is 34.7 Å². The molecule has 0 aromatic carbocycles. The second-order valence-corrected chi connectivity index (χ2v) is 8.02. The van der Waals surface area contributed by atoms with Gasteiger partial charge in [0.25, 0.3) is 10.9 Å². The van der Waals surface area contributed by atoms with Crippen molar-refractivity contribution in [2.75, 3.05) is 0 Å². The molecule has 1 aromatic rings. The lowest BCUT2D eigenvalue weighted by Gasteiger charge is -2.28. The van der Waals surface area contributed by atoms with Gasteiger partial charge >= 0.3 is 15.2 Å². The monoisotopic (exact) mass is 348 g/mol. The van der Waals surface area contributed by atoms with E-state index in [1.807, 2.05) is 0 Å². The number of hydrogen-bond acceptors (Lipinski definition) is 4. The molecule has 0 aliphatic rings. The van der Waals surface area contributed by atoms with Crippen LogP contribution in [0.1, 0.15) is 12.2 Å². The second kappa shape index (κ2) is 6.60. The number of hydrogen-bond donors (Lipinski definition) is 5. The van der Waals surface area contributed by atoms with Crippen LogP contribution in [-0.2, 0) is 22.6 Å². The molecule has 0 radical (unpaired) electrons. The Hall–Kier alpha value is -0.370. The van der Waals surface area contributed by atoms with E-state index in [1.165, 1.54) is 10.8 Å². The molecule has 12 heteroatoms. The molecule has 116 valence electrons. The average molecular weight is 349 g/mol. The number of aryl methyl sites for hydroxylation is 2. The van der Waals surface area contributed by atoms with Gasteiger partial charge in [-0.25, -0.2) is 4.57 Å². The summed E-state index contributed by atoms with van der Waals surface area (Å²) in [6, 6.07) is 1.61. The Kier molecular flexibility index (Phi) is 6.47. The molecule has 0 aliphatic heterocycles. The highest BCUT2D eigenvalue weighted by molar-refractivity contribution is 7.72. The average Bonchev–Trinajstić information content (AvgIpc) is 2.24. The molecule has 0 unspecified atom stereocenters. The summed E-state index contributed by atoms with van der Waals surface area (Å²) in [4.78, 5) is 39.7. The summed E-state index contributed by atoms with van der Waals surface area (Å²) >= 11 is 0. The summed E-state index contributed by atoms with van der Waals surface area (Å²) < 4.78 is 23.8. The van der Waals surface area contributed by atoms with Gasteiger partial charge in [-0.15, -0.1) is 0 Å². The minimum atomic E-state index is -5.41. The minimum Gasteiger partial charge on any atom is -1.00 e. The zero-order chi connectivity index (χ0) is 14.9. The largest absolute Gasteiger partial charge is 1.00 e. The van der Waals surface area contributed by atoms with Crippen LogP contribution in [0, 0.1) is 0 Å². The summed E-state index contributed by atoms with van der Waals surface area (Å²) in [7, 11) is -9.20. The molecule has 9 nitrogen and oxygen atoms in total. The van der Waals surface area contributed by atoms with Gasteiger partial charge < -0.3 is 37.1 Å². The number of aromatic nitrogens is 2. The van der Waals surface area contributed by atoms with Crippen molar-refractivity contribution in [3.8, 4) is 0 Å². The zero-order valence-electron chi connectivity index (χ0n) is 10.4. The molecule has 0 fully saturated rings. The van der Waals surface area contributed by atoms with E-state index in [9.17, 15) is 14.2 Å². The molecule has 20 heavy (non-hydrogen) atoms. The first-order valence-electron chi connectivity index (χ1n) is 5.12. The topological polar surface area (TPSA) is 152 Å². The first-order chi connectivity index (χ1) is 8.49. The molecule has 1 aromatic heterocycles. The van der Waals surface area contributed by atoms with Crippen LogP contribution in [0.5, 0.6) is 0 Å². The Morgan fingerprint density at radius 3 is 2.15 bits per heavy atom. The highest BCUT2D eigenvalue weighted by Crippen LogP contribution is 2.69. The van der Waals surface area contributed by atoms with Crippen molar-refractivity contribution in [1.29, 1.82) is 0 Å². The predicted octanol–water partition coefficient (Wildman–Crippen LogP) is -4.16. The lowest BCUT2D eigenvalue weighted by atomic mass is 10.3. The maximum absolute atomic E-state index is 11.1. The molecular weight excluding hydrogens is 333 g/mol. The molecule has 1 heterocycles. The molecular formula is C8H15ClN2O7P2. The van der Waals surface area contributed by atoms with E-state index >= 15 is 0 Å². The van der Waals surface area contributed by atoms with Crippen LogP contribution in [0.25, 0.3) is 0 Å². The normalized spacial score (nSPS) is 12.9. The SMILES string of the molecule is C[n+]1cccnc1CCC(O)(P(=O)(O)O)P(=O)(O)O.[Cl-]. The molecule has 0 amide bonds. The molecule has 1 rings (SSSR count). The standard InChI is InChI=1S/C8H14N2O7P2.ClH/c1-10-6-2-5-9-7(10)3-4-8(11,18(12,13)14)19(15,16)17;/h2,5-6,11H,3-4H2,1H3,(H3-,12,13,14,15,16,17);1H. The van der Waals surface area contributed by atoms with Gasteiger partial charge in [0, 0.05) is 12.5 Å². The van der Waals surface area contributed by atoms with Crippen molar-refractivity contribution in [3.63, 3.8) is 0 Å². The van der Waals surface area contributed by atoms with Gasteiger partial charge in [0.2, 0.25) is 0 Å². The molecule has 0 bridgehead atoms. The lowest BCUT2D eigenvalue weighted by molar-refractivity contribution is -0.682. The molecule has 0 spiro atoms. The van der Waals surface area contributed by atoms with E-state index in [2.05, 4.69) is 4.98 Å². The number of aliphatic hydroxyl groups is 1. The van der Waals surface area contributed by atoms with E-state index in [1.54, 1.807) is 19.3 Å². The van der Waals surface area contributed by atoms with Crippen LogP contribution in [0.15, 0.2) is 18.5 Å². The van der Waals surface area contributed by atoms with Gasteiger partial charge in [-0.05, 0) is 0 Å². The Morgan fingerprint density at radius 2 is 1.75 bits per heavy atom. The van der Waals surface area contributed by atoms with E-state index in [4.69, 9.17) is 19.6 Å². The molecule has 0 saturated heterocycles. The van der Waals surface area contributed by atoms with Gasteiger partial charge in [0.1, 0.15) is 6.20 Å². The zero-order valence-corrected chi connectivity index (χ0v) is 12.9. The molecule has 0 aliphatic carbocycles. The molecule has 5 N–H and O–H groups in total. The highest BCUT2D eigenvalue weighted by atomic mass is 35.5. The maximum Gasteiger partial charge on any atom is 0.369 e. The maximum atomic E-state index is 11.1. The summed E-state index contributed by atoms with van der Waals surface area (Å²) in [5, 5.41) is 6.27. The third kappa shape index (κ3) is 4.07. The smallest absolute Gasteiger partial charge is 0.369 e. The Morgan fingerprint density at radius 1 is 1.25 bits per heavy atom. The second-order valence-electron chi connectivity index (χ2n) is 4.01. The van der Waals surface area contributed by atoms with Crippen LogP contribution in [0.3, 0.4) is 0 Å². The van der Waals surface area contributed by atoms with Crippen molar-refractivity contribution in [2.24, 2.45) is 7.05 Å². The molecule has 0 atom stereocenters. The highest BCUT2D eigenvalue weighted by Gasteiger charge is 2.59. The van der Waals surface area contributed by atoms with E-state index < -0.39 is 26.7 Å². The van der Waals surface area contributed by atoms with Gasteiger partial charge in [-0.2, -0.15) is 0 Å². The van der Waals surface area contributed by atoms with E-state index in [0.29, 0.717) is 5.82 Å². The summed E-state index contributed by atoms with van der Waals surface area (Å²) in [6.45, 7) is 0. The Bertz CT molecular complexity index is 536. The molecule has 0 saturated carbocycles. The van der Waals surface area contributed by atoms with Crippen molar-refractivity contribution < 1.29 is 50.8 Å². The quantitative estimate of drug-likeness (QED) is 0.265. The fourth-order valence-corrected chi connectivity index (χ4v) is 3.62. The first-order valence-corrected chi connectivity index (χ1v) is 8.35. The number of halogens is 1. The number of nitrogens with zero attached hydrogens (tertiary/aromatic N) is 2. The lowest BCUT2D eigenvalue weighted by Crippen LogP contribution is -3.00.